The third-order valence-corrected chi connectivity index (χ3v) is 6.26. The van der Waals surface area contributed by atoms with Gasteiger partial charge >= 0.3 is 0 Å². The normalized spacial score (nSPS) is 17.1. The number of nitrogens with one attached hydrogen (secondary N) is 1. The van der Waals surface area contributed by atoms with Crippen LogP contribution < -0.4 is 11.1 Å². The standard InChI is InChI=1S/C25H33N5O4/c1-33-13-6-12-30-21-9-3-2-8-20(21)28-24(30)18-7-4-11-29(17-18)23(31)15-19(26)16-27-25(32)22-10-5-14-34-22/h2-3,5,8-10,14,18-19H,4,6-7,11-13,15-17,26H2,1H3,(H,27,32)/t18-,19-/m1/s1. The number of ether oxygens (including phenoxy) is 1. The molecular formula is C25H33N5O4. The van der Waals surface area contributed by atoms with E-state index in [9.17, 15) is 9.59 Å². The molecule has 3 N–H and O–H groups in total. The Morgan fingerprint density at radius 3 is 2.94 bits per heavy atom. The predicted molar refractivity (Wildman–Crippen MR) is 128 cm³/mol. The molecule has 2 atom stereocenters. The molecule has 4 rings (SSSR count). The van der Waals surface area contributed by atoms with Crippen LogP contribution >= 0.6 is 0 Å². The zero-order chi connectivity index (χ0) is 23.9. The highest BCUT2D eigenvalue weighted by Gasteiger charge is 2.29. The summed E-state index contributed by atoms with van der Waals surface area (Å²) in [6.45, 7) is 3.06. The number of para-hydroxylation sites is 2. The van der Waals surface area contributed by atoms with E-state index in [0.29, 0.717) is 19.7 Å². The van der Waals surface area contributed by atoms with Crippen molar-refractivity contribution in [2.24, 2.45) is 5.73 Å². The molecule has 3 heterocycles. The van der Waals surface area contributed by atoms with Gasteiger partial charge in [0.05, 0.1) is 17.3 Å². The van der Waals surface area contributed by atoms with E-state index in [2.05, 4.69) is 16.0 Å². The van der Waals surface area contributed by atoms with Crippen LogP contribution in [0.15, 0.2) is 47.1 Å². The molecule has 1 fully saturated rings. The Hall–Kier alpha value is -3.17. The fourth-order valence-electron chi connectivity index (χ4n) is 4.57. The van der Waals surface area contributed by atoms with Gasteiger partial charge in [0.2, 0.25) is 5.91 Å². The van der Waals surface area contributed by atoms with Gasteiger partial charge in [0.15, 0.2) is 5.76 Å². The van der Waals surface area contributed by atoms with Crippen LogP contribution in [0.25, 0.3) is 11.0 Å². The molecule has 1 saturated heterocycles. The minimum atomic E-state index is -0.467. The fourth-order valence-corrected chi connectivity index (χ4v) is 4.57. The van der Waals surface area contributed by atoms with E-state index < -0.39 is 6.04 Å². The Morgan fingerprint density at radius 2 is 2.15 bits per heavy atom. The number of benzene rings is 1. The Labute approximate surface area is 199 Å². The molecule has 0 bridgehead atoms. The van der Waals surface area contributed by atoms with Crippen LogP contribution in [0.5, 0.6) is 0 Å². The SMILES string of the molecule is COCCCn1c([C@@H]2CCCN(C(=O)C[C@@H](N)CNC(=O)c3ccco3)C2)nc2ccccc21. The number of methoxy groups -OCH3 is 1. The Kier molecular flexibility index (Phi) is 7.97. The maximum atomic E-state index is 13.0. The molecule has 182 valence electrons. The number of rotatable bonds is 10. The quantitative estimate of drug-likeness (QED) is 0.443. The zero-order valence-corrected chi connectivity index (χ0v) is 19.6. The van der Waals surface area contributed by atoms with Crippen molar-refractivity contribution in [1.82, 2.24) is 19.8 Å². The third-order valence-electron chi connectivity index (χ3n) is 6.26. The first kappa shape index (κ1) is 24.0. The highest BCUT2D eigenvalue weighted by atomic mass is 16.5. The molecule has 0 unspecified atom stereocenters. The van der Waals surface area contributed by atoms with Crippen LogP contribution in [0.3, 0.4) is 0 Å². The summed E-state index contributed by atoms with van der Waals surface area (Å²) in [5.74, 6) is 1.10. The minimum absolute atomic E-state index is 0.00601. The van der Waals surface area contributed by atoms with Gasteiger partial charge in [0, 0.05) is 58.3 Å². The van der Waals surface area contributed by atoms with Crippen LogP contribution in [0.4, 0.5) is 0 Å². The number of hydrogen-bond acceptors (Lipinski definition) is 6. The molecule has 0 aliphatic carbocycles. The van der Waals surface area contributed by atoms with E-state index in [1.807, 2.05) is 23.1 Å². The average molecular weight is 468 g/mol. The summed E-state index contributed by atoms with van der Waals surface area (Å²) >= 11 is 0. The number of nitrogens with zero attached hydrogens (tertiary/aromatic N) is 3. The summed E-state index contributed by atoms with van der Waals surface area (Å²) in [5.41, 5.74) is 8.25. The molecule has 9 nitrogen and oxygen atoms in total. The lowest BCUT2D eigenvalue weighted by molar-refractivity contribution is -0.132. The van der Waals surface area contributed by atoms with E-state index in [-0.39, 0.29) is 36.5 Å². The van der Waals surface area contributed by atoms with Gasteiger partial charge in [-0.2, -0.15) is 0 Å². The van der Waals surface area contributed by atoms with Crippen molar-refractivity contribution in [3.8, 4) is 0 Å². The van der Waals surface area contributed by atoms with Crippen molar-refractivity contribution in [1.29, 1.82) is 0 Å². The van der Waals surface area contributed by atoms with Gasteiger partial charge in [-0.3, -0.25) is 9.59 Å². The molecule has 9 heteroatoms. The summed E-state index contributed by atoms with van der Waals surface area (Å²) in [6.07, 6.45) is 4.43. The summed E-state index contributed by atoms with van der Waals surface area (Å²) in [6, 6.07) is 10.9. The second-order valence-electron chi connectivity index (χ2n) is 8.79. The molecule has 1 aliphatic rings. The van der Waals surface area contributed by atoms with E-state index in [0.717, 1.165) is 42.7 Å². The van der Waals surface area contributed by atoms with Gasteiger partial charge in [0.25, 0.3) is 5.91 Å². The molecule has 1 aliphatic heterocycles. The first-order chi connectivity index (χ1) is 16.6. The lowest BCUT2D eigenvalue weighted by atomic mass is 9.96. The summed E-state index contributed by atoms with van der Waals surface area (Å²) < 4.78 is 12.6. The van der Waals surface area contributed by atoms with Crippen LogP contribution in [-0.2, 0) is 16.1 Å². The number of carbonyl (C=O) groups is 2. The van der Waals surface area contributed by atoms with E-state index in [1.165, 1.54) is 6.26 Å². The van der Waals surface area contributed by atoms with Crippen LogP contribution in [0.1, 0.15) is 48.0 Å². The number of nitrogens with two attached hydrogens (primary N) is 1. The maximum Gasteiger partial charge on any atom is 0.287 e. The van der Waals surface area contributed by atoms with Crippen molar-refractivity contribution in [2.75, 3.05) is 33.4 Å². The van der Waals surface area contributed by atoms with Crippen molar-refractivity contribution in [2.45, 2.75) is 44.2 Å². The maximum absolute atomic E-state index is 13.0. The number of aryl methyl sites for hydroxylation is 1. The number of piperidine rings is 1. The van der Waals surface area contributed by atoms with Crippen molar-refractivity contribution < 1.29 is 18.7 Å². The van der Waals surface area contributed by atoms with Gasteiger partial charge in [-0.15, -0.1) is 0 Å². The number of amides is 2. The van der Waals surface area contributed by atoms with Crippen LogP contribution in [0, 0.1) is 0 Å². The van der Waals surface area contributed by atoms with Crippen LogP contribution in [-0.4, -0.2) is 65.7 Å². The Bertz CT molecular complexity index is 1090. The topological polar surface area (TPSA) is 116 Å². The number of fused-ring (bicyclic) bond motifs is 1. The second kappa shape index (κ2) is 11.3. The van der Waals surface area contributed by atoms with Gasteiger partial charge in [-0.1, -0.05) is 12.1 Å². The number of hydrogen-bond donors (Lipinski definition) is 2. The lowest BCUT2D eigenvalue weighted by Crippen LogP contribution is -2.45. The minimum Gasteiger partial charge on any atom is -0.459 e. The fraction of sp³-hybridized carbons (Fsp3) is 0.480. The Morgan fingerprint density at radius 1 is 1.29 bits per heavy atom. The van der Waals surface area contributed by atoms with Crippen molar-refractivity contribution in [3.05, 3.63) is 54.2 Å². The van der Waals surface area contributed by atoms with Crippen molar-refractivity contribution >= 4 is 22.8 Å². The number of imidazole rings is 1. The molecule has 2 amide bonds. The lowest BCUT2D eigenvalue weighted by Gasteiger charge is -2.33. The molecule has 1 aromatic carbocycles. The van der Waals surface area contributed by atoms with Crippen molar-refractivity contribution in [3.63, 3.8) is 0 Å². The molecule has 34 heavy (non-hydrogen) atoms. The number of likely N-dealkylation sites (tertiary alicyclic amines) is 1. The number of furan rings is 1. The molecule has 0 saturated carbocycles. The molecule has 0 radical (unpaired) electrons. The summed E-state index contributed by atoms with van der Waals surface area (Å²) in [7, 11) is 1.71. The molecule has 2 aromatic heterocycles. The van der Waals surface area contributed by atoms with Gasteiger partial charge in [-0.05, 0) is 43.5 Å². The second-order valence-corrected chi connectivity index (χ2v) is 8.79. The molecule has 0 spiro atoms. The monoisotopic (exact) mass is 467 g/mol. The van der Waals surface area contributed by atoms with E-state index in [1.54, 1.807) is 19.2 Å². The average Bonchev–Trinajstić information content (AvgIpc) is 3.52. The smallest absolute Gasteiger partial charge is 0.287 e. The van der Waals surface area contributed by atoms with E-state index >= 15 is 0 Å². The number of aromatic nitrogens is 2. The molecular weight excluding hydrogens is 434 g/mol. The Balaban J connectivity index is 1.38. The largest absolute Gasteiger partial charge is 0.459 e. The summed E-state index contributed by atoms with van der Waals surface area (Å²) in [4.78, 5) is 31.9. The van der Waals surface area contributed by atoms with E-state index in [4.69, 9.17) is 19.9 Å². The predicted octanol–water partition coefficient (Wildman–Crippen LogP) is 2.52. The summed E-state index contributed by atoms with van der Waals surface area (Å²) in [5, 5.41) is 2.72. The third kappa shape index (κ3) is 5.66. The van der Waals surface area contributed by atoms with Gasteiger partial charge in [0.1, 0.15) is 5.82 Å². The first-order valence-corrected chi connectivity index (χ1v) is 11.9. The van der Waals surface area contributed by atoms with Gasteiger partial charge < -0.3 is 29.7 Å². The highest BCUT2D eigenvalue weighted by molar-refractivity contribution is 5.91. The molecule has 3 aromatic rings. The first-order valence-electron chi connectivity index (χ1n) is 11.9. The van der Waals surface area contributed by atoms with Gasteiger partial charge in [-0.25, -0.2) is 4.98 Å². The van der Waals surface area contributed by atoms with Crippen LogP contribution in [0.2, 0.25) is 0 Å². The number of carbonyl (C=O) groups excluding carboxylic acids is 2. The highest BCUT2D eigenvalue weighted by Crippen LogP contribution is 2.30. The zero-order valence-electron chi connectivity index (χ0n) is 19.6.